The molecule has 1 aromatic carbocycles. The molecular weight excluding hydrogens is 278 g/mol. The first kappa shape index (κ1) is 14.5. The molecule has 1 heterocycles. The van der Waals surface area contributed by atoms with Gasteiger partial charge in [0.2, 0.25) is 10.0 Å². The smallest absolute Gasteiger partial charge is 0.242 e. The van der Waals surface area contributed by atoms with E-state index in [2.05, 4.69) is 20.4 Å². The summed E-state index contributed by atoms with van der Waals surface area (Å²) in [5.41, 5.74) is 0.577. The number of nitrogens with one attached hydrogen (secondary N) is 2. The minimum atomic E-state index is -3.47. The van der Waals surface area contributed by atoms with Crippen LogP contribution in [0.15, 0.2) is 41.6 Å². The molecular formula is C12H17N5O2S. The Balaban J connectivity index is 2.08. The Morgan fingerprint density at radius 1 is 1.30 bits per heavy atom. The van der Waals surface area contributed by atoms with Crippen LogP contribution in [0.2, 0.25) is 0 Å². The molecule has 0 aliphatic rings. The normalized spacial score (nSPS) is 11.4. The molecule has 0 aliphatic heterocycles. The van der Waals surface area contributed by atoms with Crippen molar-refractivity contribution in [2.75, 3.05) is 18.4 Å². The van der Waals surface area contributed by atoms with Crippen molar-refractivity contribution < 1.29 is 8.42 Å². The predicted octanol–water partition coefficient (Wildman–Crippen LogP) is 0.688. The van der Waals surface area contributed by atoms with E-state index in [0.29, 0.717) is 25.3 Å². The summed E-state index contributed by atoms with van der Waals surface area (Å²) >= 11 is 0. The van der Waals surface area contributed by atoms with Crippen LogP contribution in [0, 0.1) is 0 Å². The highest BCUT2D eigenvalue weighted by Gasteiger charge is 2.16. The maximum atomic E-state index is 12.1. The van der Waals surface area contributed by atoms with Gasteiger partial charge in [0, 0.05) is 19.3 Å². The van der Waals surface area contributed by atoms with E-state index < -0.39 is 10.0 Å². The van der Waals surface area contributed by atoms with Crippen LogP contribution in [0.25, 0.3) is 0 Å². The van der Waals surface area contributed by atoms with E-state index in [0.717, 1.165) is 0 Å². The van der Waals surface area contributed by atoms with Crippen molar-refractivity contribution in [3.8, 4) is 0 Å². The summed E-state index contributed by atoms with van der Waals surface area (Å²) in [5, 5.41) is 10.7. The van der Waals surface area contributed by atoms with Gasteiger partial charge in [0.05, 0.1) is 18.4 Å². The van der Waals surface area contributed by atoms with Crippen LogP contribution < -0.4 is 10.0 Å². The minimum absolute atomic E-state index is 0.250. The fraction of sp³-hybridized carbons (Fsp3) is 0.333. The summed E-state index contributed by atoms with van der Waals surface area (Å²) in [6, 6.07) is 6.82. The summed E-state index contributed by atoms with van der Waals surface area (Å²) in [4.78, 5) is 0.250. The van der Waals surface area contributed by atoms with Crippen molar-refractivity contribution in [3.05, 3.63) is 36.7 Å². The van der Waals surface area contributed by atoms with E-state index in [4.69, 9.17) is 0 Å². The summed E-state index contributed by atoms with van der Waals surface area (Å²) < 4.78 is 28.3. The summed E-state index contributed by atoms with van der Waals surface area (Å²) in [7, 11) is -3.47. The van der Waals surface area contributed by atoms with Crippen molar-refractivity contribution in [2.45, 2.75) is 18.4 Å². The fourth-order valence-corrected chi connectivity index (χ4v) is 2.99. The van der Waals surface area contributed by atoms with Gasteiger partial charge in [-0.2, -0.15) is 0 Å². The largest absolute Gasteiger partial charge is 0.382 e. The van der Waals surface area contributed by atoms with Crippen LogP contribution >= 0.6 is 0 Å². The van der Waals surface area contributed by atoms with Crippen LogP contribution in [0.4, 0.5) is 5.69 Å². The molecule has 0 atom stereocenters. The zero-order chi connectivity index (χ0) is 14.4. The van der Waals surface area contributed by atoms with Gasteiger partial charge in [-0.25, -0.2) is 13.1 Å². The number of hydrogen-bond acceptors (Lipinski definition) is 5. The molecule has 0 radical (unpaired) electrons. The van der Waals surface area contributed by atoms with Crippen LogP contribution in [-0.2, 0) is 16.6 Å². The summed E-state index contributed by atoms with van der Waals surface area (Å²) in [6.45, 7) is 3.27. The standard InChI is InChI=1S/C12H17N5O2S/c1-2-15-20(18,19)12-6-4-3-5-11(12)13-7-9-17-10-8-14-16-17/h3-6,8,10,13,15H,2,7,9H2,1H3. The molecule has 20 heavy (non-hydrogen) atoms. The third-order valence-electron chi connectivity index (χ3n) is 2.64. The molecule has 2 rings (SSSR count). The van der Waals surface area contributed by atoms with Crippen LogP contribution in [-0.4, -0.2) is 36.5 Å². The number of sulfonamides is 1. The number of benzene rings is 1. The topological polar surface area (TPSA) is 88.9 Å². The average Bonchev–Trinajstić information content (AvgIpc) is 2.92. The van der Waals surface area contributed by atoms with Gasteiger partial charge in [-0.3, -0.25) is 4.68 Å². The molecule has 0 amide bonds. The van der Waals surface area contributed by atoms with Crippen molar-refractivity contribution >= 4 is 15.7 Å². The Labute approximate surface area is 118 Å². The highest BCUT2D eigenvalue weighted by atomic mass is 32.2. The second kappa shape index (κ2) is 6.49. The van der Waals surface area contributed by atoms with Gasteiger partial charge in [-0.15, -0.1) is 5.10 Å². The van der Waals surface area contributed by atoms with E-state index in [1.54, 1.807) is 48.3 Å². The number of anilines is 1. The van der Waals surface area contributed by atoms with Gasteiger partial charge in [0.15, 0.2) is 0 Å². The van der Waals surface area contributed by atoms with Crippen molar-refractivity contribution in [1.29, 1.82) is 0 Å². The molecule has 2 aromatic rings. The number of aromatic nitrogens is 3. The lowest BCUT2D eigenvalue weighted by Crippen LogP contribution is -2.24. The molecule has 2 N–H and O–H groups in total. The lowest BCUT2D eigenvalue weighted by Gasteiger charge is -2.12. The average molecular weight is 295 g/mol. The van der Waals surface area contributed by atoms with Crippen molar-refractivity contribution in [2.24, 2.45) is 0 Å². The molecule has 0 unspecified atom stereocenters. The Hall–Kier alpha value is -1.93. The third-order valence-corrected chi connectivity index (χ3v) is 4.24. The quantitative estimate of drug-likeness (QED) is 0.784. The molecule has 7 nitrogen and oxygen atoms in total. The van der Waals surface area contributed by atoms with E-state index in [1.807, 2.05) is 0 Å². The molecule has 1 aromatic heterocycles. The Morgan fingerprint density at radius 2 is 2.10 bits per heavy atom. The number of hydrogen-bond donors (Lipinski definition) is 2. The zero-order valence-electron chi connectivity index (χ0n) is 11.2. The predicted molar refractivity (Wildman–Crippen MR) is 75.8 cm³/mol. The first-order chi connectivity index (χ1) is 9.63. The second-order valence-electron chi connectivity index (χ2n) is 4.09. The molecule has 0 saturated heterocycles. The minimum Gasteiger partial charge on any atom is -0.382 e. The van der Waals surface area contributed by atoms with Crippen LogP contribution in [0.3, 0.4) is 0 Å². The Bertz CT molecular complexity index is 640. The Kier molecular flexibility index (Phi) is 4.70. The first-order valence-electron chi connectivity index (χ1n) is 6.30. The van der Waals surface area contributed by atoms with Gasteiger partial charge in [-0.1, -0.05) is 24.3 Å². The third kappa shape index (κ3) is 3.55. The fourth-order valence-electron chi connectivity index (χ4n) is 1.77. The lowest BCUT2D eigenvalue weighted by molar-refractivity contribution is 0.583. The van der Waals surface area contributed by atoms with Gasteiger partial charge < -0.3 is 5.32 Å². The molecule has 0 aliphatic carbocycles. The highest BCUT2D eigenvalue weighted by Crippen LogP contribution is 2.20. The monoisotopic (exact) mass is 295 g/mol. The highest BCUT2D eigenvalue weighted by molar-refractivity contribution is 7.89. The lowest BCUT2D eigenvalue weighted by atomic mass is 10.3. The van der Waals surface area contributed by atoms with Gasteiger partial charge in [0.1, 0.15) is 4.90 Å². The number of para-hydroxylation sites is 1. The van der Waals surface area contributed by atoms with E-state index in [1.165, 1.54) is 0 Å². The summed E-state index contributed by atoms with van der Waals surface area (Å²) in [5.74, 6) is 0. The van der Waals surface area contributed by atoms with Crippen LogP contribution in [0.5, 0.6) is 0 Å². The van der Waals surface area contributed by atoms with Gasteiger partial charge in [0.25, 0.3) is 0 Å². The maximum Gasteiger partial charge on any atom is 0.242 e. The zero-order valence-corrected chi connectivity index (χ0v) is 12.0. The summed E-state index contributed by atoms with van der Waals surface area (Å²) in [6.07, 6.45) is 3.35. The molecule has 8 heteroatoms. The van der Waals surface area contributed by atoms with E-state index in [-0.39, 0.29) is 4.90 Å². The van der Waals surface area contributed by atoms with Crippen LogP contribution in [0.1, 0.15) is 6.92 Å². The Morgan fingerprint density at radius 3 is 2.80 bits per heavy atom. The number of nitrogens with zero attached hydrogens (tertiary/aromatic N) is 3. The van der Waals surface area contributed by atoms with Gasteiger partial charge >= 0.3 is 0 Å². The molecule has 0 bridgehead atoms. The van der Waals surface area contributed by atoms with Crippen molar-refractivity contribution in [1.82, 2.24) is 19.7 Å². The maximum absolute atomic E-state index is 12.1. The SMILES string of the molecule is CCNS(=O)(=O)c1ccccc1NCCn1ccnn1. The molecule has 0 spiro atoms. The number of rotatable bonds is 7. The molecule has 0 fully saturated rings. The first-order valence-corrected chi connectivity index (χ1v) is 7.78. The van der Waals surface area contributed by atoms with E-state index >= 15 is 0 Å². The molecule has 108 valence electrons. The van der Waals surface area contributed by atoms with Gasteiger partial charge in [-0.05, 0) is 12.1 Å². The van der Waals surface area contributed by atoms with Crippen molar-refractivity contribution in [3.63, 3.8) is 0 Å². The van der Waals surface area contributed by atoms with E-state index in [9.17, 15) is 8.42 Å². The molecule has 0 saturated carbocycles. The second-order valence-corrected chi connectivity index (χ2v) is 5.83.